The third-order valence-electron chi connectivity index (χ3n) is 2.42. The number of hydrogen-bond donors (Lipinski definition) is 2. The molecule has 0 saturated carbocycles. The predicted octanol–water partition coefficient (Wildman–Crippen LogP) is 1.20. The van der Waals surface area contributed by atoms with Crippen molar-refractivity contribution in [3.05, 3.63) is 35.4 Å². The van der Waals surface area contributed by atoms with Gasteiger partial charge in [0.1, 0.15) is 0 Å². The molecule has 3 heteroatoms. The minimum atomic E-state index is -0.0561. The molecule has 0 saturated heterocycles. The molecule has 0 spiro atoms. The van der Waals surface area contributed by atoms with Crippen molar-refractivity contribution in [2.45, 2.75) is 13.3 Å². The number of hydrogen-bond acceptors (Lipinski definition) is 2. The number of likely N-dealkylation sites (N-methyl/N-ethyl adjacent to an activating group) is 1. The van der Waals surface area contributed by atoms with E-state index in [1.54, 1.807) is 6.92 Å². The van der Waals surface area contributed by atoms with Crippen molar-refractivity contribution in [2.24, 2.45) is 0 Å². The van der Waals surface area contributed by atoms with E-state index in [0.29, 0.717) is 6.54 Å². The Balaban J connectivity index is 2.72. The number of amides is 1. The number of benzene rings is 1. The van der Waals surface area contributed by atoms with Crippen LogP contribution in [-0.2, 0) is 6.42 Å². The van der Waals surface area contributed by atoms with Crippen LogP contribution in [0.25, 0.3) is 0 Å². The fraction of sp³-hybridized carbons (Fsp3) is 0.357. The van der Waals surface area contributed by atoms with Gasteiger partial charge in [0, 0.05) is 5.56 Å². The molecule has 0 radical (unpaired) electrons. The Morgan fingerprint density at radius 3 is 2.82 bits per heavy atom. The zero-order valence-corrected chi connectivity index (χ0v) is 10.3. The number of carbonyl (C=O) groups is 1. The lowest BCUT2D eigenvalue weighted by Crippen LogP contribution is -2.25. The third-order valence-corrected chi connectivity index (χ3v) is 2.42. The van der Waals surface area contributed by atoms with E-state index in [4.69, 9.17) is 0 Å². The van der Waals surface area contributed by atoms with E-state index in [2.05, 4.69) is 22.5 Å². The summed E-state index contributed by atoms with van der Waals surface area (Å²) >= 11 is 0. The van der Waals surface area contributed by atoms with Crippen molar-refractivity contribution in [2.75, 3.05) is 20.1 Å². The summed E-state index contributed by atoms with van der Waals surface area (Å²) in [6.45, 7) is 3.02. The molecule has 0 atom stereocenters. The molecule has 90 valence electrons. The number of nitrogens with one attached hydrogen (secondary N) is 2. The van der Waals surface area contributed by atoms with Crippen molar-refractivity contribution >= 4 is 5.91 Å². The van der Waals surface area contributed by atoms with Crippen LogP contribution >= 0.6 is 0 Å². The minimum Gasteiger partial charge on any atom is -0.341 e. The summed E-state index contributed by atoms with van der Waals surface area (Å²) in [5.74, 6) is 5.51. The lowest BCUT2D eigenvalue weighted by Gasteiger charge is -2.08. The van der Waals surface area contributed by atoms with Gasteiger partial charge in [0.15, 0.2) is 0 Å². The maximum absolute atomic E-state index is 11.9. The van der Waals surface area contributed by atoms with Gasteiger partial charge in [-0.05, 0) is 38.6 Å². The summed E-state index contributed by atoms with van der Waals surface area (Å²) in [6.07, 6.45) is 0.847. The molecule has 1 amide bonds. The van der Waals surface area contributed by atoms with Gasteiger partial charge in [-0.2, -0.15) is 0 Å². The highest BCUT2D eigenvalue weighted by molar-refractivity contribution is 5.95. The average molecular weight is 230 g/mol. The first-order chi connectivity index (χ1) is 8.29. The zero-order valence-electron chi connectivity index (χ0n) is 10.3. The first-order valence-electron chi connectivity index (χ1n) is 5.70. The van der Waals surface area contributed by atoms with Crippen LogP contribution in [0.1, 0.15) is 22.8 Å². The summed E-state index contributed by atoms with van der Waals surface area (Å²) in [7, 11) is 1.90. The number of rotatable bonds is 5. The second kappa shape index (κ2) is 7.48. The lowest BCUT2D eigenvalue weighted by molar-refractivity contribution is 0.0958. The summed E-state index contributed by atoms with van der Waals surface area (Å²) in [4.78, 5) is 11.9. The quantitative estimate of drug-likeness (QED) is 0.746. The molecular formula is C14H18N2O. The molecular weight excluding hydrogens is 212 g/mol. The number of carbonyl (C=O) groups excluding carboxylic acids is 1. The summed E-state index contributed by atoms with van der Waals surface area (Å²) in [6, 6.07) is 7.66. The predicted molar refractivity (Wildman–Crippen MR) is 69.9 cm³/mol. The van der Waals surface area contributed by atoms with Gasteiger partial charge in [-0.1, -0.05) is 24.1 Å². The standard InChI is InChI=1S/C14H18N2O/c1-3-4-10-16-14(17)13-8-6-5-7-12(13)9-11-15-2/h5-8,15H,9-11H2,1-2H3,(H,16,17). The van der Waals surface area contributed by atoms with Gasteiger partial charge < -0.3 is 10.6 Å². The molecule has 0 aromatic heterocycles. The molecule has 17 heavy (non-hydrogen) atoms. The second-order valence-electron chi connectivity index (χ2n) is 3.62. The zero-order chi connectivity index (χ0) is 12.5. The fourth-order valence-corrected chi connectivity index (χ4v) is 1.53. The Morgan fingerprint density at radius 2 is 2.12 bits per heavy atom. The molecule has 1 aromatic carbocycles. The molecule has 0 aliphatic rings. The van der Waals surface area contributed by atoms with Gasteiger partial charge in [0.25, 0.3) is 5.91 Å². The molecule has 0 fully saturated rings. The highest BCUT2D eigenvalue weighted by atomic mass is 16.1. The molecule has 0 unspecified atom stereocenters. The Kier molecular flexibility index (Phi) is 5.84. The molecule has 2 N–H and O–H groups in total. The third kappa shape index (κ3) is 4.29. The van der Waals surface area contributed by atoms with Crippen molar-refractivity contribution in [3.8, 4) is 11.8 Å². The maximum atomic E-state index is 11.9. The monoisotopic (exact) mass is 230 g/mol. The van der Waals surface area contributed by atoms with Gasteiger partial charge in [-0.25, -0.2) is 0 Å². The smallest absolute Gasteiger partial charge is 0.252 e. The molecule has 0 aliphatic heterocycles. The van der Waals surface area contributed by atoms with Crippen molar-refractivity contribution in [3.63, 3.8) is 0 Å². The van der Waals surface area contributed by atoms with E-state index >= 15 is 0 Å². The Labute approximate surface area is 103 Å². The fourth-order valence-electron chi connectivity index (χ4n) is 1.53. The largest absolute Gasteiger partial charge is 0.341 e. The van der Waals surface area contributed by atoms with E-state index in [1.807, 2.05) is 31.3 Å². The first-order valence-corrected chi connectivity index (χ1v) is 5.70. The van der Waals surface area contributed by atoms with E-state index in [9.17, 15) is 4.79 Å². The molecule has 0 heterocycles. The minimum absolute atomic E-state index is 0.0561. The molecule has 0 bridgehead atoms. The normalized spacial score (nSPS) is 9.29. The van der Waals surface area contributed by atoms with Crippen LogP contribution in [0.4, 0.5) is 0 Å². The van der Waals surface area contributed by atoms with E-state index in [-0.39, 0.29) is 5.91 Å². The van der Waals surface area contributed by atoms with E-state index < -0.39 is 0 Å². The van der Waals surface area contributed by atoms with Crippen molar-refractivity contribution < 1.29 is 4.79 Å². The van der Waals surface area contributed by atoms with Crippen LogP contribution in [0, 0.1) is 11.8 Å². The van der Waals surface area contributed by atoms with Crippen LogP contribution in [0.15, 0.2) is 24.3 Å². The van der Waals surface area contributed by atoms with Crippen LogP contribution in [0.3, 0.4) is 0 Å². The van der Waals surface area contributed by atoms with Crippen LogP contribution in [-0.4, -0.2) is 26.0 Å². The highest BCUT2D eigenvalue weighted by Crippen LogP contribution is 2.08. The lowest BCUT2D eigenvalue weighted by atomic mass is 10.0. The highest BCUT2D eigenvalue weighted by Gasteiger charge is 2.08. The first kappa shape index (κ1) is 13.3. The van der Waals surface area contributed by atoms with E-state index in [0.717, 1.165) is 24.1 Å². The van der Waals surface area contributed by atoms with Crippen LogP contribution in [0.5, 0.6) is 0 Å². The topological polar surface area (TPSA) is 41.1 Å². The SMILES string of the molecule is CC#CCNC(=O)c1ccccc1CCNC. The summed E-state index contributed by atoms with van der Waals surface area (Å²) < 4.78 is 0. The van der Waals surface area contributed by atoms with Crippen molar-refractivity contribution in [1.29, 1.82) is 0 Å². The molecule has 1 rings (SSSR count). The van der Waals surface area contributed by atoms with Gasteiger partial charge in [-0.15, -0.1) is 5.92 Å². The van der Waals surface area contributed by atoms with Crippen molar-refractivity contribution in [1.82, 2.24) is 10.6 Å². The Morgan fingerprint density at radius 1 is 1.35 bits per heavy atom. The van der Waals surface area contributed by atoms with Gasteiger partial charge in [0.2, 0.25) is 0 Å². The molecule has 0 aliphatic carbocycles. The van der Waals surface area contributed by atoms with E-state index in [1.165, 1.54) is 0 Å². The Bertz CT molecular complexity index is 429. The maximum Gasteiger partial charge on any atom is 0.252 e. The summed E-state index contributed by atoms with van der Waals surface area (Å²) in [5.41, 5.74) is 1.80. The Hall–Kier alpha value is -1.79. The van der Waals surface area contributed by atoms with Gasteiger partial charge >= 0.3 is 0 Å². The molecule has 3 nitrogen and oxygen atoms in total. The molecule has 1 aromatic rings. The van der Waals surface area contributed by atoms with Gasteiger partial charge in [0.05, 0.1) is 6.54 Å². The van der Waals surface area contributed by atoms with Gasteiger partial charge in [-0.3, -0.25) is 4.79 Å². The van der Waals surface area contributed by atoms with Crippen LogP contribution < -0.4 is 10.6 Å². The second-order valence-corrected chi connectivity index (χ2v) is 3.62. The average Bonchev–Trinajstić information content (AvgIpc) is 2.37. The summed E-state index contributed by atoms with van der Waals surface area (Å²) in [5, 5.41) is 5.86. The van der Waals surface area contributed by atoms with Crippen LogP contribution in [0.2, 0.25) is 0 Å².